The van der Waals surface area contributed by atoms with E-state index in [1.54, 1.807) is 0 Å². The van der Waals surface area contributed by atoms with E-state index in [0.29, 0.717) is 5.92 Å². The maximum Gasteiger partial charge on any atom is 0.0910 e. The summed E-state index contributed by atoms with van der Waals surface area (Å²) in [4.78, 5) is 3.24. The zero-order valence-electron chi connectivity index (χ0n) is 12.0. The number of nitrogens with one attached hydrogen (secondary N) is 1. The highest BCUT2D eigenvalue weighted by Crippen LogP contribution is 2.49. The first-order valence-electron chi connectivity index (χ1n) is 7.19. The van der Waals surface area contributed by atoms with Crippen LogP contribution >= 0.6 is 0 Å². The molecule has 2 heteroatoms. The Hall–Kier alpha value is -1.28. The van der Waals surface area contributed by atoms with Crippen LogP contribution in [0.2, 0.25) is 0 Å². The van der Waals surface area contributed by atoms with E-state index in [4.69, 9.17) is 0 Å². The van der Waals surface area contributed by atoms with Gasteiger partial charge in [0.05, 0.1) is 5.60 Å². The molecule has 0 radical (unpaired) electrons. The predicted octanol–water partition coefficient (Wildman–Crippen LogP) is 4.20. The van der Waals surface area contributed by atoms with Gasteiger partial charge >= 0.3 is 0 Å². The molecule has 0 aliphatic heterocycles. The lowest BCUT2D eigenvalue weighted by Crippen LogP contribution is -2.40. The minimum Gasteiger partial charge on any atom is -0.385 e. The Morgan fingerprint density at radius 2 is 2.00 bits per heavy atom. The maximum absolute atomic E-state index is 11.3. The lowest BCUT2D eigenvalue weighted by Gasteiger charge is -2.45. The summed E-state index contributed by atoms with van der Waals surface area (Å²) in [7, 11) is 0. The van der Waals surface area contributed by atoms with Crippen molar-refractivity contribution >= 4 is 10.9 Å². The van der Waals surface area contributed by atoms with Crippen molar-refractivity contribution in [2.24, 2.45) is 11.3 Å². The van der Waals surface area contributed by atoms with E-state index in [2.05, 4.69) is 44.0 Å². The summed E-state index contributed by atoms with van der Waals surface area (Å²) in [5.41, 5.74) is 1.71. The average molecular weight is 257 g/mol. The van der Waals surface area contributed by atoms with Crippen LogP contribution in [0.5, 0.6) is 0 Å². The fourth-order valence-electron chi connectivity index (χ4n) is 4.22. The Labute approximate surface area is 114 Å². The minimum atomic E-state index is -0.692. The molecule has 2 aromatic rings. The molecule has 0 saturated heterocycles. The lowest BCUT2D eigenvalue weighted by molar-refractivity contribution is -0.0624. The molecule has 2 nitrogen and oxygen atoms in total. The molecule has 2 N–H and O–H groups in total. The molecule has 0 spiro atoms. The van der Waals surface area contributed by atoms with Crippen LogP contribution in [-0.4, -0.2) is 10.1 Å². The Bertz CT molecular complexity index is 598. The molecule has 1 aliphatic rings. The summed E-state index contributed by atoms with van der Waals surface area (Å²) in [6.45, 7) is 6.79. The summed E-state index contributed by atoms with van der Waals surface area (Å²) < 4.78 is 0. The fourth-order valence-corrected chi connectivity index (χ4v) is 4.22. The van der Waals surface area contributed by atoms with E-state index < -0.39 is 5.60 Å². The smallest absolute Gasteiger partial charge is 0.0910 e. The average Bonchev–Trinajstić information content (AvgIpc) is 2.72. The molecule has 102 valence electrons. The summed E-state index contributed by atoms with van der Waals surface area (Å²) in [6.07, 6.45) is 4.85. The molecule has 1 fully saturated rings. The van der Waals surface area contributed by atoms with Crippen LogP contribution in [0.25, 0.3) is 10.9 Å². The van der Waals surface area contributed by atoms with Crippen molar-refractivity contribution < 1.29 is 5.11 Å². The predicted molar refractivity (Wildman–Crippen MR) is 79.0 cm³/mol. The number of aliphatic hydroxyl groups is 1. The van der Waals surface area contributed by atoms with Crippen molar-refractivity contribution in [2.75, 3.05) is 0 Å². The molecule has 1 aliphatic carbocycles. The van der Waals surface area contributed by atoms with Gasteiger partial charge < -0.3 is 10.1 Å². The van der Waals surface area contributed by atoms with Gasteiger partial charge in [-0.15, -0.1) is 0 Å². The van der Waals surface area contributed by atoms with E-state index in [9.17, 15) is 5.11 Å². The van der Waals surface area contributed by atoms with Crippen LogP contribution in [0.1, 0.15) is 45.6 Å². The van der Waals surface area contributed by atoms with Crippen LogP contribution in [0.4, 0.5) is 0 Å². The zero-order chi connectivity index (χ0) is 13.7. The molecule has 1 heterocycles. The van der Waals surface area contributed by atoms with Crippen LogP contribution in [0.15, 0.2) is 30.5 Å². The van der Waals surface area contributed by atoms with Gasteiger partial charge in [-0.2, -0.15) is 0 Å². The van der Waals surface area contributed by atoms with Gasteiger partial charge in [0.25, 0.3) is 0 Å². The van der Waals surface area contributed by atoms with Crippen molar-refractivity contribution in [3.8, 4) is 0 Å². The van der Waals surface area contributed by atoms with Gasteiger partial charge in [-0.25, -0.2) is 0 Å². The topological polar surface area (TPSA) is 36.0 Å². The van der Waals surface area contributed by atoms with E-state index in [0.717, 1.165) is 29.3 Å². The minimum absolute atomic E-state index is 0.199. The normalized spacial score (nSPS) is 30.6. The van der Waals surface area contributed by atoms with Gasteiger partial charge in [0, 0.05) is 17.1 Å². The Kier molecular flexibility index (Phi) is 2.75. The number of aromatic nitrogens is 1. The van der Waals surface area contributed by atoms with Crippen molar-refractivity contribution in [3.63, 3.8) is 0 Å². The fraction of sp³-hybridized carbons (Fsp3) is 0.529. The quantitative estimate of drug-likeness (QED) is 0.789. The largest absolute Gasteiger partial charge is 0.385 e. The summed E-state index contributed by atoms with van der Waals surface area (Å²) >= 11 is 0. The van der Waals surface area contributed by atoms with Crippen molar-refractivity contribution in [2.45, 2.75) is 45.6 Å². The number of aromatic amines is 1. The van der Waals surface area contributed by atoms with Crippen molar-refractivity contribution in [3.05, 3.63) is 36.0 Å². The van der Waals surface area contributed by atoms with E-state index in [1.807, 2.05) is 12.3 Å². The Balaban J connectivity index is 2.11. The third-order valence-corrected chi connectivity index (χ3v) is 4.45. The molecular formula is C17H23NO. The first kappa shape index (κ1) is 12.7. The summed E-state index contributed by atoms with van der Waals surface area (Å²) in [6, 6.07) is 8.28. The standard InChI is InChI=1S/C17H23NO/c1-12-9-16(2,3)11-17(19,10-12)14-5-4-6-15-13(14)7-8-18-15/h4-8,12,18-19H,9-11H2,1-3H3. The number of hydrogen-bond donors (Lipinski definition) is 2. The highest BCUT2D eigenvalue weighted by molar-refractivity contribution is 5.83. The van der Waals surface area contributed by atoms with Gasteiger partial charge in [-0.1, -0.05) is 32.9 Å². The molecule has 3 rings (SSSR count). The third-order valence-electron chi connectivity index (χ3n) is 4.45. The van der Waals surface area contributed by atoms with Crippen molar-refractivity contribution in [1.29, 1.82) is 0 Å². The Morgan fingerprint density at radius 3 is 2.74 bits per heavy atom. The van der Waals surface area contributed by atoms with Crippen molar-refractivity contribution in [1.82, 2.24) is 4.98 Å². The highest BCUT2D eigenvalue weighted by Gasteiger charge is 2.43. The van der Waals surface area contributed by atoms with Gasteiger partial charge in [-0.05, 0) is 48.3 Å². The number of H-pyrrole nitrogens is 1. The van der Waals surface area contributed by atoms with Crippen LogP contribution in [0.3, 0.4) is 0 Å². The molecule has 2 atom stereocenters. The molecule has 0 amide bonds. The monoisotopic (exact) mass is 257 g/mol. The van der Waals surface area contributed by atoms with E-state index in [-0.39, 0.29) is 5.41 Å². The molecule has 2 unspecified atom stereocenters. The van der Waals surface area contributed by atoms with Gasteiger partial charge in [0.2, 0.25) is 0 Å². The second kappa shape index (κ2) is 4.11. The van der Waals surface area contributed by atoms with Crippen LogP contribution < -0.4 is 0 Å². The lowest BCUT2D eigenvalue weighted by atomic mass is 9.63. The van der Waals surface area contributed by atoms with Gasteiger partial charge in [-0.3, -0.25) is 0 Å². The number of fused-ring (bicyclic) bond motifs is 1. The molecular weight excluding hydrogens is 234 g/mol. The molecule has 1 saturated carbocycles. The third kappa shape index (κ3) is 2.18. The second-order valence-electron chi connectivity index (χ2n) is 7.13. The first-order chi connectivity index (χ1) is 8.90. The zero-order valence-corrected chi connectivity index (χ0v) is 12.0. The van der Waals surface area contributed by atoms with Crippen LogP contribution in [0, 0.1) is 11.3 Å². The Morgan fingerprint density at radius 1 is 1.21 bits per heavy atom. The molecule has 1 aromatic heterocycles. The van der Waals surface area contributed by atoms with E-state index >= 15 is 0 Å². The molecule has 0 bridgehead atoms. The van der Waals surface area contributed by atoms with Gasteiger partial charge in [0.1, 0.15) is 0 Å². The van der Waals surface area contributed by atoms with Crippen LogP contribution in [-0.2, 0) is 5.60 Å². The molecule has 1 aromatic carbocycles. The summed E-state index contributed by atoms with van der Waals surface area (Å²) in [5, 5.41) is 12.4. The SMILES string of the molecule is CC1CC(C)(C)CC(O)(c2cccc3[nH]ccc23)C1. The number of hydrogen-bond acceptors (Lipinski definition) is 1. The van der Waals surface area contributed by atoms with E-state index in [1.165, 1.54) is 6.42 Å². The highest BCUT2D eigenvalue weighted by atomic mass is 16.3. The number of benzene rings is 1. The first-order valence-corrected chi connectivity index (χ1v) is 7.19. The van der Waals surface area contributed by atoms with Gasteiger partial charge in [0.15, 0.2) is 0 Å². The summed E-state index contributed by atoms with van der Waals surface area (Å²) in [5.74, 6) is 0.558. The molecule has 19 heavy (non-hydrogen) atoms. The second-order valence-corrected chi connectivity index (χ2v) is 7.13. The number of rotatable bonds is 1. The maximum atomic E-state index is 11.3.